The summed E-state index contributed by atoms with van der Waals surface area (Å²) in [6, 6.07) is 0.577. The Kier molecular flexibility index (Phi) is 3.34. The topological polar surface area (TPSA) is 29.1 Å². The van der Waals surface area contributed by atoms with Crippen molar-refractivity contribution in [3.05, 3.63) is 23.3 Å². The molecule has 0 radical (unpaired) electrons. The minimum Gasteiger partial charge on any atom is -0.313 e. The summed E-state index contributed by atoms with van der Waals surface area (Å²) in [6.07, 6.45) is 12.3. The lowest BCUT2D eigenvalue weighted by molar-refractivity contribution is -0.136. The molecule has 2 fully saturated rings. The number of hydrogen-bond acceptors (Lipinski definition) is 2. The molecule has 0 aromatic carbocycles. The number of Topliss-reactive ketones (excluding diaryl/α,β-unsaturated/α-hetero) is 1. The highest BCUT2D eigenvalue weighted by molar-refractivity contribution is 5.90. The maximum absolute atomic E-state index is 12.7. The van der Waals surface area contributed by atoms with Gasteiger partial charge in [0.1, 0.15) is 5.78 Å². The summed E-state index contributed by atoms with van der Waals surface area (Å²) in [4.78, 5) is 12.7. The molecule has 4 aliphatic rings. The first-order valence-corrected chi connectivity index (χ1v) is 7.48. The molecule has 2 bridgehead atoms. The van der Waals surface area contributed by atoms with Gasteiger partial charge in [-0.2, -0.15) is 0 Å². The normalized spacial score (nSPS) is 40.3. The molecule has 2 nitrogen and oxygen atoms in total. The number of piperidine rings is 1. The lowest BCUT2D eigenvalue weighted by Gasteiger charge is -2.55. The fraction of sp³-hybridized carbons (Fsp3) is 0.688. The van der Waals surface area contributed by atoms with E-state index in [0.29, 0.717) is 17.7 Å². The summed E-state index contributed by atoms with van der Waals surface area (Å²) in [7, 11) is 0. The van der Waals surface area contributed by atoms with E-state index in [-0.39, 0.29) is 17.8 Å². The van der Waals surface area contributed by atoms with Crippen molar-refractivity contribution in [1.29, 1.82) is 0 Å². The van der Waals surface area contributed by atoms with E-state index >= 15 is 0 Å². The van der Waals surface area contributed by atoms with Crippen LogP contribution in [0.4, 0.5) is 0 Å². The lowest BCUT2D eigenvalue weighted by atomic mass is 9.51. The van der Waals surface area contributed by atoms with Crippen molar-refractivity contribution in [3.63, 3.8) is 0 Å². The van der Waals surface area contributed by atoms with Gasteiger partial charge in [0, 0.05) is 12.5 Å². The zero-order valence-corrected chi connectivity index (χ0v) is 12.1. The maximum Gasteiger partial charge on any atom is 0.143 e. The van der Waals surface area contributed by atoms with Crippen molar-refractivity contribution in [2.75, 3.05) is 6.54 Å². The van der Waals surface area contributed by atoms with Crippen LogP contribution >= 0.6 is 12.4 Å². The van der Waals surface area contributed by atoms with Gasteiger partial charge < -0.3 is 5.32 Å². The van der Waals surface area contributed by atoms with Crippen molar-refractivity contribution >= 4 is 18.2 Å². The molecule has 3 aliphatic carbocycles. The number of hydrogen-bond donors (Lipinski definition) is 1. The first-order chi connectivity index (χ1) is 8.82. The highest BCUT2D eigenvalue weighted by Crippen LogP contribution is 2.56. The number of ketones is 1. The summed E-state index contributed by atoms with van der Waals surface area (Å²) in [6.45, 7) is 1.03. The first kappa shape index (κ1) is 13.4. The van der Waals surface area contributed by atoms with Crippen molar-refractivity contribution in [2.24, 2.45) is 11.3 Å². The molecule has 104 valence electrons. The second-order valence-electron chi connectivity index (χ2n) is 6.37. The lowest BCUT2D eigenvalue weighted by Crippen LogP contribution is -2.60. The molecule has 19 heavy (non-hydrogen) atoms. The molecule has 3 heteroatoms. The minimum atomic E-state index is -0.0847. The van der Waals surface area contributed by atoms with E-state index in [0.717, 1.165) is 25.8 Å². The molecule has 0 unspecified atom stereocenters. The van der Waals surface area contributed by atoms with Gasteiger partial charge in [-0.25, -0.2) is 0 Å². The molecule has 1 aliphatic heterocycles. The Labute approximate surface area is 121 Å². The SMILES string of the molecule is Cl.O=C1CCC[C@H]2[C@H]3CC4=C(C=CCC4)[C@@]12CCN3. The van der Waals surface area contributed by atoms with E-state index < -0.39 is 0 Å². The van der Waals surface area contributed by atoms with Gasteiger partial charge in [-0.15, -0.1) is 12.4 Å². The molecule has 0 aromatic rings. The average molecular weight is 280 g/mol. The highest BCUT2D eigenvalue weighted by atomic mass is 35.5. The van der Waals surface area contributed by atoms with Crippen molar-refractivity contribution in [3.8, 4) is 0 Å². The molecular formula is C16H22ClNO. The summed E-state index contributed by atoms with van der Waals surface area (Å²) >= 11 is 0. The Morgan fingerprint density at radius 2 is 2.21 bits per heavy atom. The maximum atomic E-state index is 12.7. The van der Waals surface area contributed by atoms with Gasteiger partial charge in [-0.3, -0.25) is 4.79 Å². The second kappa shape index (κ2) is 4.75. The van der Waals surface area contributed by atoms with Gasteiger partial charge in [-0.1, -0.05) is 17.7 Å². The third-order valence-electron chi connectivity index (χ3n) is 5.69. The van der Waals surface area contributed by atoms with Crippen LogP contribution < -0.4 is 5.32 Å². The van der Waals surface area contributed by atoms with Crippen molar-refractivity contribution in [2.45, 2.75) is 51.0 Å². The number of halogens is 1. The van der Waals surface area contributed by atoms with Crippen molar-refractivity contribution in [1.82, 2.24) is 5.32 Å². The van der Waals surface area contributed by atoms with Crippen LogP contribution in [0.1, 0.15) is 44.9 Å². The zero-order valence-electron chi connectivity index (χ0n) is 11.3. The molecule has 1 saturated carbocycles. The smallest absolute Gasteiger partial charge is 0.143 e. The Balaban J connectivity index is 0.00000110. The van der Waals surface area contributed by atoms with Crippen LogP contribution in [0.3, 0.4) is 0 Å². The quantitative estimate of drug-likeness (QED) is 0.738. The van der Waals surface area contributed by atoms with Crippen LogP contribution in [0, 0.1) is 11.3 Å². The molecule has 0 aromatic heterocycles. The molecule has 1 heterocycles. The van der Waals surface area contributed by atoms with Crippen molar-refractivity contribution < 1.29 is 4.79 Å². The number of rotatable bonds is 0. The third kappa shape index (κ3) is 1.69. The summed E-state index contributed by atoms with van der Waals surface area (Å²) in [5.41, 5.74) is 2.95. The number of carbonyl (C=O) groups is 1. The Bertz CT molecular complexity index is 467. The third-order valence-corrected chi connectivity index (χ3v) is 5.69. The van der Waals surface area contributed by atoms with E-state index in [2.05, 4.69) is 17.5 Å². The largest absolute Gasteiger partial charge is 0.313 e. The molecule has 1 saturated heterocycles. The van der Waals surface area contributed by atoms with Gasteiger partial charge in [0.15, 0.2) is 0 Å². The second-order valence-corrected chi connectivity index (χ2v) is 6.37. The van der Waals surface area contributed by atoms with E-state index in [4.69, 9.17) is 0 Å². The predicted octanol–water partition coefficient (Wildman–Crippen LogP) is 3.18. The number of allylic oxidation sites excluding steroid dienone is 3. The van der Waals surface area contributed by atoms with Crippen LogP contribution in [0.15, 0.2) is 23.3 Å². The Morgan fingerprint density at radius 3 is 3.11 bits per heavy atom. The van der Waals surface area contributed by atoms with E-state index in [1.54, 1.807) is 5.57 Å². The van der Waals surface area contributed by atoms with Crippen LogP contribution in [-0.2, 0) is 4.79 Å². The first-order valence-electron chi connectivity index (χ1n) is 7.48. The van der Waals surface area contributed by atoms with E-state index in [9.17, 15) is 4.79 Å². The molecule has 0 spiro atoms. The van der Waals surface area contributed by atoms with Gasteiger partial charge in [0.05, 0.1) is 5.41 Å². The van der Waals surface area contributed by atoms with E-state index in [1.807, 2.05) is 0 Å². The van der Waals surface area contributed by atoms with Crippen LogP contribution in [0.25, 0.3) is 0 Å². The molecular weight excluding hydrogens is 258 g/mol. The Hall–Kier alpha value is -0.600. The van der Waals surface area contributed by atoms with Gasteiger partial charge >= 0.3 is 0 Å². The molecule has 0 amide bonds. The molecule has 1 N–H and O–H groups in total. The number of nitrogens with one attached hydrogen (secondary N) is 1. The van der Waals surface area contributed by atoms with Gasteiger partial charge in [0.25, 0.3) is 0 Å². The predicted molar refractivity (Wildman–Crippen MR) is 78.5 cm³/mol. The summed E-state index contributed by atoms with van der Waals surface area (Å²) < 4.78 is 0. The van der Waals surface area contributed by atoms with Crippen LogP contribution in [0.5, 0.6) is 0 Å². The standard InChI is InChI=1S/C16H21NO.ClH/c18-15-7-3-6-13-14-10-11-4-1-2-5-12(11)16(13,15)8-9-17-14;/h2,5,13-14,17H,1,3-4,6-10H2;1H/t13-,14+,16+;/m0./s1. The fourth-order valence-electron chi connectivity index (χ4n) is 4.98. The van der Waals surface area contributed by atoms with Crippen LogP contribution in [-0.4, -0.2) is 18.4 Å². The minimum absolute atomic E-state index is 0. The summed E-state index contributed by atoms with van der Waals surface area (Å²) in [5, 5.41) is 3.69. The highest BCUT2D eigenvalue weighted by Gasteiger charge is 2.56. The fourth-order valence-corrected chi connectivity index (χ4v) is 4.98. The zero-order chi connectivity index (χ0) is 12.2. The monoisotopic (exact) mass is 279 g/mol. The Morgan fingerprint density at radius 1 is 1.32 bits per heavy atom. The summed E-state index contributed by atoms with van der Waals surface area (Å²) in [5.74, 6) is 1.12. The van der Waals surface area contributed by atoms with Crippen LogP contribution in [0.2, 0.25) is 0 Å². The van der Waals surface area contributed by atoms with E-state index in [1.165, 1.54) is 31.3 Å². The van der Waals surface area contributed by atoms with Gasteiger partial charge in [-0.05, 0) is 56.6 Å². The number of carbonyl (C=O) groups excluding carboxylic acids is 1. The van der Waals surface area contributed by atoms with Gasteiger partial charge in [0.2, 0.25) is 0 Å². The average Bonchev–Trinajstić information content (AvgIpc) is 2.39. The molecule has 3 atom stereocenters. The molecule has 4 rings (SSSR count).